The first-order valence-corrected chi connectivity index (χ1v) is 10.7. The minimum absolute atomic E-state index is 0.190. The maximum absolute atomic E-state index is 13.5. The van der Waals surface area contributed by atoms with Crippen LogP contribution in [0.4, 0.5) is 35.4 Å². The molecule has 0 saturated carbocycles. The smallest absolute Gasteiger partial charge is 0.320 e. The van der Waals surface area contributed by atoms with Crippen molar-refractivity contribution in [2.24, 2.45) is 0 Å². The molecule has 2 N–H and O–H groups in total. The fourth-order valence-corrected chi connectivity index (χ4v) is 3.80. The molecule has 0 atom stereocenters. The van der Waals surface area contributed by atoms with Crippen molar-refractivity contribution in [3.63, 3.8) is 0 Å². The van der Waals surface area contributed by atoms with E-state index < -0.39 is 17.7 Å². The normalized spacial score (nSPS) is 13.7. The predicted molar refractivity (Wildman–Crippen MR) is 125 cm³/mol. The van der Waals surface area contributed by atoms with Crippen LogP contribution in [0.2, 0.25) is 5.02 Å². The number of anilines is 3. The van der Waals surface area contributed by atoms with Crippen molar-refractivity contribution in [2.75, 3.05) is 28.6 Å². The summed E-state index contributed by atoms with van der Waals surface area (Å²) in [6.45, 7) is 1.25. The number of rotatable bonds is 5. The summed E-state index contributed by atoms with van der Waals surface area (Å²) in [6, 6.07) is 16.7. The van der Waals surface area contributed by atoms with Crippen molar-refractivity contribution in [2.45, 2.75) is 13.0 Å². The van der Waals surface area contributed by atoms with E-state index in [2.05, 4.69) is 10.6 Å². The molecule has 3 aromatic rings. The van der Waals surface area contributed by atoms with Crippen LogP contribution < -0.4 is 15.5 Å². The van der Waals surface area contributed by atoms with Gasteiger partial charge in [-0.3, -0.25) is 4.90 Å². The van der Waals surface area contributed by atoms with E-state index in [0.717, 1.165) is 18.6 Å². The highest BCUT2D eigenvalue weighted by Gasteiger charge is 2.27. The van der Waals surface area contributed by atoms with Gasteiger partial charge in [-0.1, -0.05) is 23.7 Å². The van der Waals surface area contributed by atoms with Crippen molar-refractivity contribution >= 4 is 40.7 Å². The Balaban J connectivity index is 1.38. The summed E-state index contributed by atoms with van der Waals surface area (Å²) in [6.07, 6.45) is 0.734. The molecule has 0 unspecified atom stereocenters. The van der Waals surface area contributed by atoms with Gasteiger partial charge in [0.15, 0.2) is 11.6 Å². The van der Waals surface area contributed by atoms with Gasteiger partial charge >= 0.3 is 12.1 Å². The van der Waals surface area contributed by atoms with Gasteiger partial charge in [-0.15, -0.1) is 0 Å². The molecule has 33 heavy (non-hydrogen) atoms. The molecule has 4 rings (SSSR count). The number of amides is 4. The number of nitrogens with one attached hydrogen (secondary N) is 2. The first-order valence-electron chi connectivity index (χ1n) is 10.3. The van der Waals surface area contributed by atoms with E-state index in [9.17, 15) is 18.4 Å². The van der Waals surface area contributed by atoms with Crippen molar-refractivity contribution in [3.8, 4) is 0 Å². The largest absolute Gasteiger partial charge is 0.324 e. The van der Waals surface area contributed by atoms with E-state index in [1.54, 1.807) is 58.3 Å². The molecule has 3 aromatic carbocycles. The monoisotopic (exact) mass is 470 g/mol. The molecule has 1 fully saturated rings. The topological polar surface area (TPSA) is 64.7 Å². The molecule has 0 spiro atoms. The molecule has 4 amide bonds. The lowest BCUT2D eigenvalue weighted by atomic mass is 10.1. The van der Waals surface area contributed by atoms with Gasteiger partial charge in [-0.05, 0) is 66.6 Å². The fraction of sp³-hybridized carbons (Fsp3) is 0.167. The van der Waals surface area contributed by atoms with E-state index in [1.165, 1.54) is 6.07 Å². The van der Waals surface area contributed by atoms with Gasteiger partial charge in [0.05, 0.1) is 0 Å². The Morgan fingerprint density at radius 1 is 0.909 bits per heavy atom. The number of halogens is 3. The van der Waals surface area contributed by atoms with Crippen molar-refractivity contribution in [1.82, 2.24) is 4.90 Å². The molecule has 0 radical (unpaired) electrons. The van der Waals surface area contributed by atoms with Crippen LogP contribution in [0.1, 0.15) is 12.0 Å². The zero-order valence-corrected chi connectivity index (χ0v) is 18.3. The number of urea groups is 2. The lowest BCUT2D eigenvalue weighted by Crippen LogP contribution is -2.49. The zero-order valence-electron chi connectivity index (χ0n) is 17.5. The van der Waals surface area contributed by atoms with Gasteiger partial charge < -0.3 is 15.5 Å². The average Bonchev–Trinajstić information content (AvgIpc) is 2.78. The van der Waals surface area contributed by atoms with Crippen molar-refractivity contribution < 1.29 is 18.4 Å². The Bertz CT molecular complexity index is 1170. The molecular weight excluding hydrogens is 450 g/mol. The van der Waals surface area contributed by atoms with Gasteiger partial charge in [0.1, 0.15) is 0 Å². The third-order valence-corrected chi connectivity index (χ3v) is 5.42. The molecule has 9 heteroatoms. The van der Waals surface area contributed by atoms with Crippen molar-refractivity contribution in [3.05, 3.63) is 89.0 Å². The first-order chi connectivity index (χ1) is 15.9. The molecule has 0 aliphatic carbocycles. The lowest BCUT2D eigenvalue weighted by molar-refractivity contribution is 0.192. The molecule has 0 aromatic heterocycles. The maximum Gasteiger partial charge on any atom is 0.324 e. The summed E-state index contributed by atoms with van der Waals surface area (Å²) in [5, 5.41) is 5.94. The second-order valence-electron chi connectivity index (χ2n) is 7.59. The van der Waals surface area contributed by atoms with Gasteiger partial charge in [0, 0.05) is 41.7 Å². The van der Waals surface area contributed by atoms with Crippen LogP contribution in [0.15, 0.2) is 66.7 Å². The molecule has 1 saturated heterocycles. The minimum atomic E-state index is -0.934. The van der Waals surface area contributed by atoms with Crippen LogP contribution in [-0.4, -0.2) is 30.1 Å². The Morgan fingerprint density at radius 2 is 1.67 bits per heavy atom. The van der Waals surface area contributed by atoms with Gasteiger partial charge in [-0.25, -0.2) is 18.4 Å². The Kier molecular flexibility index (Phi) is 6.74. The van der Waals surface area contributed by atoms with Crippen LogP contribution >= 0.6 is 11.6 Å². The van der Waals surface area contributed by atoms with Crippen molar-refractivity contribution in [1.29, 1.82) is 0 Å². The molecule has 1 aliphatic rings. The third-order valence-electron chi connectivity index (χ3n) is 5.19. The number of carbonyl (C=O) groups excluding carboxylic acids is 2. The van der Waals surface area contributed by atoms with Crippen LogP contribution in [0, 0.1) is 11.6 Å². The van der Waals surface area contributed by atoms with Crippen LogP contribution in [0.5, 0.6) is 0 Å². The van der Waals surface area contributed by atoms with E-state index in [4.69, 9.17) is 11.6 Å². The average molecular weight is 471 g/mol. The van der Waals surface area contributed by atoms with E-state index in [1.807, 2.05) is 0 Å². The number of hydrogen-bond donors (Lipinski definition) is 2. The molecule has 6 nitrogen and oxygen atoms in total. The Morgan fingerprint density at radius 3 is 2.39 bits per heavy atom. The fourth-order valence-electron chi connectivity index (χ4n) is 3.61. The summed E-state index contributed by atoms with van der Waals surface area (Å²) >= 11 is 5.92. The summed E-state index contributed by atoms with van der Waals surface area (Å²) in [4.78, 5) is 28.4. The second kappa shape index (κ2) is 9.87. The SMILES string of the molecule is O=C(Nc1ccc(N2CCCN(Cc3ccc(F)c(F)c3)C2=O)cc1)Nc1cccc(Cl)c1. The van der Waals surface area contributed by atoms with Gasteiger partial charge in [0.25, 0.3) is 0 Å². The number of benzene rings is 3. The van der Waals surface area contributed by atoms with Crippen LogP contribution in [0.25, 0.3) is 0 Å². The minimum Gasteiger partial charge on any atom is -0.320 e. The first kappa shape index (κ1) is 22.5. The van der Waals surface area contributed by atoms with E-state index in [0.29, 0.717) is 40.7 Å². The highest BCUT2D eigenvalue weighted by Crippen LogP contribution is 2.24. The molecular formula is C24H21ClF2N4O2. The number of hydrogen-bond acceptors (Lipinski definition) is 2. The van der Waals surface area contributed by atoms with E-state index >= 15 is 0 Å². The standard InChI is InChI=1S/C24H21ClF2N4O2/c25-17-3-1-4-19(14-17)29-23(32)28-18-6-8-20(9-7-18)31-12-2-11-30(24(31)33)15-16-5-10-21(26)22(27)13-16/h1,3-10,13-14H,2,11-12,15H2,(H2,28,29,32). The van der Waals surface area contributed by atoms with Gasteiger partial charge in [-0.2, -0.15) is 0 Å². The predicted octanol–water partition coefficient (Wildman–Crippen LogP) is 6.09. The van der Waals surface area contributed by atoms with Gasteiger partial charge in [0.2, 0.25) is 0 Å². The van der Waals surface area contributed by atoms with Crippen LogP contribution in [0.3, 0.4) is 0 Å². The highest BCUT2D eigenvalue weighted by molar-refractivity contribution is 6.30. The molecule has 170 valence electrons. The highest BCUT2D eigenvalue weighted by atomic mass is 35.5. The number of nitrogens with zero attached hydrogens (tertiary/aromatic N) is 2. The van der Waals surface area contributed by atoms with Crippen LogP contribution in [-0.2, 0) is 6.54 Å². The summed E-state index contributed by atoms with van der Waals surface area (Å²) in [7, 11) is 0. The van der Waals surface area contributed by atoms with E-state index in [-0.39, 0.29) is 12.6 Å². The Hall–Kier alpha value is -3.65. The summed E-state index contributed by atoms with van der Waals surface area (Å²) in [5.41, 5.74) is 2.32. The zero-order chi connectivity index (χ0) is 23.4. The maximum atomic E-state index is 13.5. The Labute approximate surface area is 194 Å². The summed E-state index contributed by atoms with van der Waals surface area (Å²) in [5.74, 6) is -1.85. The number of carbonyl (C=O) groups is 2. The molecule has 0 bridgehead atoms. The molecule has 1 aliphatic heterocycles. The quantitative estimate of drug-likeness (QED) is 0.473. The summed E-state index contributed by atoms with van der Waals surface area (Å²) < 4.78 is 26.7. The third kappa shape index (κ3) is 5.59. The second-order valence-corrected chi connectivity index (χ2v) is 8.03. The molecule has 1 heterocycles. The lowest BCUT2D eigenvalue weighted by Gasteiger charge is -2.35.